The first kappa shape index (κ1) is 18.6. The third kappa shape index (κ3) is 3.10. The first-order valence-electron chi connectivity index (χ1n) is 10.1. The lowest BCUT2D eigenvalue weighted by Gasteiger charge is -2.31. The molecule has 5 rings (SSSR count). The zero-order valence-corrected chi connectivity index (χ0v) is 17.1. The summed E-state index contributed by atoms with van der Waals surface area (Å²) in [4.78, 5) is 16.9. The van der Waals surface area contributed by atoms with Gasteiger partial charge in [0.05, 0.1) is 12.6 Å². The highest BCUT2D eigenvalue weighted by molar-refractivity contribution is 7.87. The van der Waals surface area contributed by atoms with Crippen molar-refractivity contribution in [2.45, 2.75) is 58.0 Å². The molecule has 2 N–H and O–H groups in total. The van der Waals surface area contributed by atoms with E-state index >= 15 is 0 Å². The van der Waals surface area contributed by atoms with E-state index in [1.54, 1.807) is 11.6 Å². The first-order valence-corrected chi connectivity index (χ1v) is 11.5. The van der Waals surface area contributed by atoms with Crippen molar-refractivity contribution in [1.29, 1.82) is 0 Å². The van der Waals surface area contributed by atoms with Gasteiger partial charge in [-0.3, -0.25) is 0 Å². The molecule has 2 aromatic rings. The SMILES string of the molecule is CC1c2ncnn2CCN1S(=O)(=O)NC(=O)Nc1c2c(cc3c1CCC3)CCC2. The molecular weight excluding hydrogens is 392 g/mol. The van der Waals surface area contributed by atoms with Crippen molar-refractivity contribution in [2.24, 2.45) is 0 Å². The van der Waals surface area contributed by atoms with E-state index in [0.29, 0.717) is 12.4 Å². The van der Waals surface area contributed by atoms with Gasteiger partial charge in [0.2, 0.25) is 0 Å². The fraction of sp³-hybridized carbons (Fsp3) is 0.526. The van der Waals surface area contributed by atoms with Crippen LogP contribution in [0, 0.1) is 0 Å². The van der Waals surface area contributed by atoms with Crippen LogP contribution in [0.15, 0.2) is 12.4 Å². The van der Waals surface area contributed by atoms with Gasteiger partial charge in [-0.25, -0.2) is 19.2 Å². The monoisotopic (exact) mass is 416 g/mol. The molecule has 0 radical (unpaired) electrons. The van der Waals surface area contributed by atoms with Gasteiger partial charge in [-0.1, -0.05) is 6.07 Å². The Morgan fingerprint density at radius 2 is 1.79 bits per heavy atom. The lowest BCUT2D eigenvalue weighted by atomic mass is 9.99. The average molecular weight is 417 g/mol. The molecule has 1 aromatic carbocycles. The molecule has 10 heteroatoms. The quantitative estimate of drug-likeness (QED) is 0.792. The van der Waals surface area contributed by atoms with E-state index in [1.807, 2.05) is 0 Å². The van der Waals surface area contributed by atoms with Crippen molar-refractivity contribution < 1.29 is 13.2 Å². The molecule has 2 heterocycles. The van der Waals surface area contributed by atoms with Crippen LogP contribution in [0.25, 0.3) is 0 Å². The second-order valence-electron chi connectivity index (χ2n) is 7.92. The molecule has 1 atom stereocenters. The van der Waals surface area contributed by atoms with E-state index in [9.17, 15) is 13.2 Å². The molecule has 0 saturated carbocycles. The lowest BCUT2D eigenvalue weighted by Crippen LogP contribution is -2.49. The summed E-state index contributed by atoms with van der Waals surface area (Å²) in [6.45, 7) is 2.38. The van der Waals surface area contributed by atoms with Gasteiger partial charge < -0.3 is 5.32 Å². The van der Waals surface area contributed by atoms with Crippen LogP contribution >= 0.6 is 0 Å². The number of hydrogen-bond acceptors (Lipinski definition) is 5. The van der Waals surface area contributed by atoms with Gasteiger partial charge in [-0.05, 0) is 67.7 Å². The summed E-state index contributed by atoms with van der Waals surface area (Å²) in [5, 5.41) is 6.97. The number of benzene rings is 1. The molecule has 154 valence electrons. The van der Waals surface area contributed by atoms with Gasteiger partial charge in [0.15, 0.2) is 0 Å². The number of anilines is 1. The van der Waals surface area contributed by atoms with Crippen molar-refractivity contribution in [1.82, 2.24) is 23.8 Å². The minimum Gasteiger partial charge on any atom is -0.307 e. The van der Waals surface area contributed by atoms with Crippen molar-refractivity contribution in [3.63, 3.8) is 0 Å². The summed E-state index contributed by atoms with van der Waals surface area (Å²) in [6.07, 6.45) is 7.43. The number of fused-ring (bicyclic) bond motifs is 3. The molecule has 0 spiro atoms. The average Bonchev–Trinajstić information content (AvgIpc) is 3.41. The number of aryl methyl sites for hydroxylation is 2. The second kappa shape index (κ2) is 6.81. The molecule has 0 fully saturated rings. The Labute approximate surface area is 169 Å². The maximum atomic E-state index is 12.9. The highest BCUT2D eigenvalue weighted by Crippen LogP contribution is 2.38. The third-order valence-corrected chi connectivity index (χ3v) is 7.78. The van der Waals surface area contributed by atoms with Crippen LogP contribution < -0.4 is 10.0 Å². The number of carbonyl (C=O) groups is 1. The smallest absolute Gasteiger partial charge is 0.307 e. The number of urea groups is 1. The van der Waals surface area contributed by atoms with Crippen LogP contribution in [0.3, 0.4) is 0 Å². The van der Waals surface area contributed by atoms with E-state index in [2.05, 4.69) is 26.2 Å². The van der Waals surface area contributed by atoms with Crippen molar-refractivity contribution >= 4 is 21.9 Å². The number of amides is 2. The molecule has 3 aliphatic rings. The topological polar surface area (TPSA) is 109 Å². The van der Waals surface area contributed by atoms with Crippen LogP contribution in [-0.4, -0.2) is 40.1 Å². The maximum absolute atomic E-state index is 12.9. The molecule has 9 nitrogen and oxygen atoms in total. The first-order chi connectivity index (χ1) is 13.9. The minimum absolute atomic E-state index is 0.232. The standard InChI is InChI=1S/C19H24N6O3S/c1-12-18-20-11-21-24(18)8-9-25(12)29(27,28)23-19(26)22-17-15-6-2-4-13(15)10-14-5-3-7-16(14)17/h10-12H,2-9H2,1H3,(H2,22,23,26). The van der Waals surface area contributed by atoms with Gasteiger partial charge in [0.25, 0.3) is 0 Å². The van der Waals surface area contributed by atoms with Gasteiger partial charge >= 0.3 is 16.2 Å². The van der Waals surface area contributed by atoms with Crippen LogP contribution in [0.1, 0.15) is 53.9 Å². The molecule has 1 aliphatic heterocycles. The summed E-state index contributed by atoms with van der Waals surface area (Å²) in [5.41, 5.74) is 5.72. The zero-order valence-electron chi connectivity index (χ0n) is 16.3. The summed E-state index contributed by atoms with van der Waals surface area (Å²) in [5.74, 6) is 0.570. The molecular formula is C19H24N6O3S. The van der Waals surface area contributed by atoms with Gasteiger partial charge in [-0.15, -0.1) is 0 Å². The number of nitrogens with one attached hydrogen (secondary N) is 2. The van der Waals surface area contributed by atoms with Gasteiger partial charge in [0.1, 0.15) is 12.2 Å². The van der Waals surface area contributed by atoms with E-state index < -0.39 is 22.3 Å². The van der Waals surface area contributed by atoms with Crippen LogP contribution in [-0.2, 0) is 42.4 Å². The van der Waals surface area contributed by atoms with Crippen LogP contribution in [0.4, 0.5) is 10.5 Å². The molecule has 0 saturated heterocycles. The van der Waals surface area contributed by atoms with Crippen molar-refractivity contribution in [3.05, 3.63) is 40.5 Å². The van der Waals surface area contributed by atoms with Gasteiger partial charge in [0, 0.05) is 12.2 Å². The van der Waals surface area contributed by atoms with E-state index in [4.69, 9.17) is 0 Å². The predicted molar refractivity (Wildman–Crippen MR) is 107 cm³/mol. The number of hydrogen-bond donors (Lipinski definition) is 2. The van der Waals surface area contributed by atoms with Crippen molar-refractivity contribution in [3.8, 4) is 0 Å². The zero-order chi connectivity index (χ0) is 20.2. The Bertz CT molecular complexity index is 1060. The van der Waals surface area contributed by atoms with E-state index in [-0.39, 0.29) is 6.54 Å². The summed E-state index contributed by atoms with van der Waals surface area (Å²) in [6, 6.07) is 1.07. The molecule has 29 heavy (non-hydrogen) atoms. The molecule has 1 aromatic heterocycles. The maximum Gasteiger partial charge on any atom is 0.333 e. The molecule has 0 bridgehead atoms. The number of carbonyl (C=O) groups excluding carboxylic acids is 1. The van der Waals surface area contributed by atoms with Gasteiger partial charge in [-0.2, -0.15) is 17.8 Å². The normalized spacial score (nSPS) is 20.8. The number of aromatic nitrogens is 3. The Kier molecular flexibility index (Phi) is 4.36. The predicted octanol–water partition coefficient (Wildman–Crippen LogP) is 1.70. The highest BCUT2D eigenvalue weighted by Gasteiger charge is 2.36. The van der Waals surface area contributed by atoms with Crippen LogP contribution in [0.2, 0.25) is 0 Å². The minimum atomic E-state index is -4.01. The lowest BCUT2D eigenvalue weighted by molar-refractivity contribution is 0.248. The Hall–Kier alpha value is -2.46. The third-order valence-electron chi connectivity index (χ3n) is 6.23. The summed E-state index contributed by atoms with van der Waals surface area (Å²) in [7, 11) is -4.01. The van der Waals surface area contributed by atoms with Crippen LogP contribution in [0.5, 0.6) is 0 Å². The molecule has 2 aliphatic carbocycles. The van der Waals surface area contributed by atoms with E-state index in [1.165, 1.54) is 21.8 Å². The fourth-order valence-corrected chi connectivity index (χ4v) is 6.13. The second-order valence-corrected chi connectivity index (χ2v) is 9.55. The highest BCUT2D eigenvalue weighted by atomic mass is 32.2. The fourth-order valence-electron chi connectivity index (χ4n) is 4.89. The Morgan fingerprint density at radius 3 is 2.48 bits per heavy atom. The largest absolute Gasteiger partial charge is 0.333 e. The number of nitrogens with zero attached hydrogens (tertiary/aromatic N) is 4. The molecule has 2 amide bonds. The summed E-state index contributed by atoms with van der Waals surface area (Å²) >= 11 is 0. The Balaban J connectivity index is 1.37. The van der Waals surface area contributed by atoms with Crippen molar-refractivity contribution in [2.75, 3.05) is 11.9 Å². The molecule has 1 unspecified atom stereocenters. The Morgan fingerprint density at radius 1 is 1.10 bits per heavy atom. The van der Waals surface area contributed by atoms with E-state index in [0.717, 1.165) is 55.3 Å². The summed E-state index contributed by atoms with van der Waals surface area (Å²) < 4.78 is 30.9. The number of rotatable bonds is 3.